The number of hydrogen-bond acceptors (Lipinski definition) is 6. The number of hydrogen-bond donors (Lipinski definition) is 2. The molecular formula is C13H20N2O6. The number of aliphatic hydroxyl groups excluding tert-OH is 1. The molecule has 118 valence electrons. The third-order valence-electron chi connectivity index (χ3n) is 3.29. The first kappa shape index (κ1) is 15.9. The first-order valence-corrected chi connectivity index (χ1v) is 6.74. The molecule has 1 fully saturated rings. The first-order valence-electron chi connectivity index (χ1n) is 6.74. The Labute approximate surface area is 121 Å². The van der Waals surface area contributed by atoms with Crippen molar-refractivity contribution in [3.8, 4) is 0 Å². The summed E-state index contributed by atoms with van der Waals surface area (Å²) in [6, 6.07) is 1.22. The Kier molecular flexibility index (Phi) is 4.94. The molecule has 1 aliphatic rings. The van der Waals surface area contributed by atoms with Crippen molar-refractivity contribution in [1.29, 1.82) is 0 Å². The van der Waals surface area contributed by atoms with Crippen molar-refractivity contribution in [3.63, 3.8) is 0 Å². The molecule has 0 bridgehead atoms. The normalized spacial score (nSPS) is 29.2. The molecule has 1 aromatic heterocycles. The zero-order valence-corrected chi connectivity index (χ0v) is 12.2. The van der Waals surface area contributed by atoms with Crippen LogP contribution in [0, 0.1) is 0 Å². The lowest BCUT2D eigenvalue weighted by Gasteiger charge is -2.25. The fourth-order valence-electron chi connectivity index (χ4n) is 2.44. The van der Waals surface area contributed by atoms with Crippen LogP contribution in [0.4, 0.5) is 0 Å². The summed E-state index contributed by atoms with van der Waals surface area (Å²) in [5.74, 6) is 0. The Morgan fingerprint density at radius 2 is 2.14 bits per heavy atom. The molecule has 21 heavy (non-hydrogen) atoms. The van der Waals surface area contributed by atoms with Gasteiger partial charge in [0, 0.05) is 19.4 Å². The van der Waals surface area contributed by atoms with Crippen LogP contribution in [0.5, 0.6) is 0 Å². The predicted molar refractivity (Wildman–Crippen MR) is 73.1 cm³/mol. The van der Waals surface area contributed by atoms with Gasteiger partial charge in [0.1, 0.15) is 18.3 Å². The number of methoxy groups -OCH3 is 1. The maximum atomic E-state index is 11.9. The molecule has 0 aliphatic carbocycles. The number of aromatic amines is 1. The molecule has 8 heteroatoms. The third-order valence-corrected chi connectivity index (χ3v) is 3.29. The van der Waals surface area contributed by atoms with E-state index in [0.717, 1.165) is 0 Å². The van der Waals surface area contributed by atoms with E-state index in [1.54, 1.807) is 0 Å². The number of aliphatic hydroxyl groups is 1. The van der Waals surface area contributed by atoms with Crippen molar-refractivity contribution in [2.24, 2.45) is 0 Å². The van der Waals surface area contributed by atoms with Crippen LogP contribution >= 0.6 is 0 Å². The lowest BCUT2D eigenvalue weighted by Crippen LogP contribution is -2.41. The zero-order valence-electron chi connectivity index (χ0n) is 12.2. The molecule has 4 atom stereocenters. The SMILES string of the molecule is CO[C@H]1[C@@H](OC(C)C)[C@@H](CO)O[C@H]1n1ccc(=O)[nH]c1=O. The van der Waals surface area contributed by atoms with E-state index in [0.29, 0.717) is 0 Å². The quantitative estimate of drug-likeness (QED) is 0.740. The Bertz CT molecular complexity index is 581. The van der Waals surface area contributed by atoms with E-state index in [1.807, 2.05) is 13.8 Å². The van der Waals surface area contributed by atoms with Crippen LogP contribution in [-0.2, 0) is 14.2 Å². The van der Waals surface area contributed by atoms with Crippen molar-refractivity contribution in [2.75, 3.05) is 13.7 Å². The predicted octanol–water partition coefficient (Wildman–Crippen LogP) is -0.765. The van der Waals surface area contributed by atoms with Gasteiger partial charge in [-0.1, -0.05) is 0 Å². The monoisotopic (exact) mass is 300 g/mol. The molecule has 2 N–H and O–H groups in total. The van der Waals surface area contributed by atoms with E-state index < -0.39 is 35.8 Å². The number of nitrogens with one attached hydrogen (secondary N) is 1. The fourth-order valence-corrected chi connectivity index (χ4v) is 2.44. The summed E-state index contributed by atoms with van der Waals surface area (Å²) in [6.07, 6.45) is -1.22. The number of H-pyrrole nitrogens is 1. The minimum absolute atomic E-state index is 0.0867. The van der Waals surface area contributed by atoms with Crippen molar-refractivity contribution in [1.82, 2.24) is 9.55 Å². The lowest BCUT2D eigenvalue weighted by molar-refractivity contribution is -0.0846. The summed E-state index contributed by atoms with van der Waals surface area (Å²) < 4.78 is 18.0. The number of aromatic nitrogens is 2. The van der Waals surface area contributed by atoms with Gasteiger partial charge in [0.25, 0.3) is 5.56 Å². The number of ether oxygens (including phenoxy) is 3. The van der Waals surface area contributed by atoms with Crippen molar-refractivity contribution in [2.45, 2.75) is 44.5 Å². The van der Waals surface area contributed by atoms with Gasteiger partial charge in [0.2, 0.25) is 0 Å². The largest absolute Gasteiger partial charge is 0.394 e. The van der Waals surface area contributed by atoms with Gasteiger partial charge in [-0.05, 0) is 13.8 Å². The molecule has 8 nitrogen and oxygen atoms in total. The molecule has 1 aliphatic heterocycles. The molecular weight excluding hydrogens is 280 g/mol. The van der Waals surface area contributed by atoms with Crippen LogP contribution in [0.1, 0.15) is 20.1 Å². The van der Waals surface area contributed by atoms with Crippen LogP contribution in [0.3, 0.4) is 0 Å². The Hall–Kier alpha value is -1.48. The molecule has 1 aromatic rings. The standard InChI is InChI=1S/C13H20N2O6/c1-7(2)20-10-8(6-16)21-12(11(10)19-3)15-5-4-9(17)14-13(15)18/h4-5,7-8,10-12,16H,6H2,1-3H3,(H,14,17,18)/t8-,10+,11+,12-/m1/s1. The zero-order chi connectivity index (χ0) is 15.6. The van der Waals surface area contributed by atoms with Crippen LogP contribution in [0.15, 0.2) is 21.9 Å². The molecule has 1 saturated heterocycles. The van der Waals surface area contributed by atoms with E-state index in [-0.39, 0.29) is 12.7 Å². The summed E-state index contributed by atoms with van der Waals surface area (Å²) in [5, 5.41) is 9.43. The molecule has 0 aromatic carbocycles. The minimum atomic E-state index is -0.778. The Morgan fingerprint density at radius 3 is 2.67 bits per heavy atom. The van der Waals surface area contributed by atoms with E-state index in [4.69, 9.17) is 14.2 Å². The summed E-state index contributed by atoms with van der Waals surface area (Å²) >= 11 is 0. The highest BCUT2D eigenvalue weighted by Crippen LogP contribution is 2.32. The maximum absolute atomic E-state index is 11.9. The van der Waals surface area contributed by atoms with Crippen LogP contribution in [0.2, 0.25) is 0 Å². The molecule has 2 heterocycles. The van der Waals surface area contributed by atoms with Crippen LogP contribution < -0.4 is 11.2 Å². The fraction of sp³-hybridized carbons (Fsp3) is 0.692. The topological polar surface area (TPSA) is 103 Å². The third kappa shape index (κ3) is 3.24. The van der Waals surface area contributed by atoms with E-state index in [9.17, 15) is 14.7 Å². The number of rotatable bonds is 5. The maximum Gasteiger partial charge on any atom is 0.330 e. The average Bonchev–Trinajstić information content (AvgIpc) is 2.75. The molecule has 0 amide bonds. The first-order chi connectivity index (χ1) is 9.97. The highest BCUT2D eigenvalue weighted by Gasteiger charge is 2.47. The highest BCUT2D eigenvalue weighted by atomic mass is 16.6. The minimum Gasteiger partial charge on any atom is -0.394 e. The molecule has 0 radical (unpaired) electrons. The molecule has 2 rings (SSSR count). The van der Waals surface area contributed by atoms with Crippen molar-refractivity contribution < 1.29 is 19.3 Å². The molecule has 0 spiro atoms. The van der Waals surface area contributed by atoms with E-state index in [2.05, 4.69) is 4.98 Å². The second-order valence-corrected chi connectivity index (χ2v) is 5.11. The smallest absolute Gasteiger partial charge is 0.330 e. The summed E-state index contributed by atoms with van der Waals surface area (Å²) in [5.41, 5.74) is -1.09. The van der Waals surface area contributed by atoms with Gasteiger partial charge in [-0.3, -0.25) is 14.3 Å². The van der Waals surface area contributed by atoms with Gasteiger partial charge in [0.15, 0.2) is 6.23 Å². The van der Waals surface area contributed by atoms with Gasteiger partial charge in [-0.15, -0.1) is 0 Å². The van der Waals surface area contributed by atoms with E-state index in [1.165, 1.54) is 23.9 Å². The van der Waals surface area contributed by atoms with Crippen LogP contribution in [0.25, 0.3) is 0 Å². The van der Waals surface area contributed by atoms with Gasteiger partial charge in [0.05, 0.1) is 12.7 Å². The lowest BCUT2D eigenvalue weighted by atomic mass is 10.1. The molecule has 0 saturated carbocycles. The van der Waals surface area contributed by atoms with Gasteiger partial charge in [-0.25, -0.2) is 4.79 Å². The summed E-state index contributed by atoms with van der Waals surface area (Å²) in [7, 11) is 1.48. The van der Waals surface area contributed by atoms with Crippen molar-refractivity contribution >= 4 is 0 Å². The van der Waals surface area contributed by atoms with Crippen LogP contribution in [-0.4, -0.2) is 52.8 Å². The average molecular weight is 300 g/mol. The van der Waals surface area contributed by atoms with Gasteiger partial charge < -0.3 is 19.3 Å². The van der Waals surface area contributed by atoms with Gasteiger partial charge >= 0.3 is 5.69 Å². The number of nitrogens with zero attached hydrogens (tertiary/aromatic N) is 1. The van der Waals surface area contributed by atoms with Crippen molar-refractivity contribution in [3.05, 3.63) is 33.1 Å². The summed E-state index contributed by atoms with van der Waals surface area (Å²) in [6.45, 7) is 3.47. The second-order valence-electron chi connectivity index (χ2n) is 5.11. The Balaban J connectivity index is 2.35. The molecule has 0 unspecified atom stereocenters. The highest BCUT2D eigenvalue weighted by molar-refractivity contribution is 4.94. The summed E-state index contributed by atoms with van der Waals surface area (Å²) in [4.78, 5) is 25.2. The Morgan fingerprint density at radius 1 is 1.43 bits per heavy atom. The second kappa shape index (κ2) is 6.52. The van der Waals surface area contributed by atoms with E-state index >= 15 is 0 Å². The van der Waals surface area contributed by atoms with Gasteiger partial charge in [-0.2, -0.15) is 0 Å².